The third kappa shape index (κ3) is 2.22. The molecule has 0 N–H and O–H groups in total. The van der Waals surface area contributed by atoms with Crippen molar-refractivity contribution in [3.05, 3.63) is 64.0 Å². The van der Waals surface area contributed by atoms with E-state index in [0.29, 0.717) is 25.0 Å². The highest BCUT2D eigenvalue weighted by Crippen LogP contribution is 2.17. The molecular weight excluding hydrogens is 304 g/mol. The molecule has 1 aliphatic heterocycles. The number of carbonyl (C=O) groups is 1. The Morgan fingerprint density at radius 1 is 1.25 bits per heavy atom. The lowest BCUT2D eigenvalue weighted by Crippen LogP contribution is -2.40. The van der Waals surface area contributed by atoms with Crippen molar-refractivity contribution in [1.29, 1.82) is 0 Å². The second-order valence-corrected chi connectivity index (χ2v) is 6.31. The van der Waals surface area contributed by atoms with Gasteiger partial charge in [-0.3, -0.25) is 9.59 Å². The Labute approximate surface area is 139 Å². The average molecular weight is 322 g/mol. The second-order valence-electron chi connectivity index (χ2n) is 6.31. The quantitative estimate of drug-likeness (QED) is 0.685. The van der Waals surface area contributed by atoms with Crippen LogP contribution in [0.5, 0.6) is 0 Å². The SMILES string of the molecule is Cc1ccc2c(c1)c(=O)c(C(=O)N1CCn3cncc3C1)cn2C. The molecule has 0 unspecified atom stereocenters. The van der Waals surface area contributed by atoms with Gasteiger partial charge in [0.05, 0.1) is 24.1 Å². The lowest BCUT2D eigenvalue weighted by atomic mass is 10.1. The van der Waals surface area contributed by atoms with Gasteiger partial charge in [0.15, 0.2) is 0 Å². The first-order chi connectivity index (χ1) is 11.5. The van der Waals surface area contributed by atoms with Crippen molar-refractivity contribution < 1.29 is 4.79 Å². The summed E-state index contributed by atoms with van der Waals surface area (Å²) in [6.45, 7) is 3.71. The highest BCUT2D eigenvalue weighted by molar-refractivity contribution is 5.97. The molecule has 2 aromatic heterocycles. The van der Waals surface area contributed by atoms with Gasteiger partial charge in [0.25, 0.3) is 5.91 Å². The minimum Gasteiger partial charge on any atom is -0.350 e. The fourth-order valence-electron chi connectivity index (χ4n) is 3.29. The maximum atomic E-state index is 12.9. The van der Waals surface area contributed by atoms with Gasteiger partial charge in [-0.2, -0.15) is 0 Å². The number of nitrogens with zero attached hydrogens (tertiary/aromatic N) is 4. The van der Waals surface area contributed by atoms with Gasteiger partial charge in [-0.15, -0.1) is 0 Å². The molecule has 0 aliphatic carbocycles. The molecule has 0 radical (unpaired) electrons. The molecule has 4 rings (SSSR count). The summed E-state index contributed by atoms with van der Waals surface area (Å²) >= 11 is 0. The molecule has 1 amide bonds. The summed E-state index contributed by atoms with van der Waals surface area (Å²) in [5, 5.41) is 0.588. The van der Waals surface area contributed by atoms with E-state index in [9.17, 15) is 9.59 Å². The summed E-state index contributed by atoms with van der Waals surface area (Å²) in [5.41, 5.74) is 2.85. The lowest BCUT2D eigenvalue weighted by Gasteiger charge is -2.28. The summed E-state index contributed by atoms with van der Waals surface area (Å²) < 4.78 is 3.88. The van der Waals surface area contributed by atoms with Gasteiger partial charge in [0.1, 0.15) is 5.56 Å². The number of rotatable bonds is 1. The minimum atomic E-state index is -0.216. The zero-order chi connectivity index (χ0) is 16.8. The maximum Gasteiger partial charge on any atom is 0.259 e. The summed E-state index contributed by atoms with van der Waals surface area (Å²) in [6, 6.07) is 5.73. The van der Waals surface area contributed by atoms with Crippen molar-refractivity contribution in [2.75, 3.05) is 6.54 Å². The number of imidazole rings is 1. The van der Waals surface area contributed by atoms with Crippen LogP contribution in [0.4, 0.5) is 0 Å². The van der Waals surface area contributed by atoms with E-state index in [0.717, 1.165) is 16.8 Å². The molecule has 1 aromatic carbocycles. The number of hydrogen-bond donors (Lipinski definition) is 0. The van der Waals surface area contributed by atoms with Crippen LogP contribution < -0.4 is 5.43 Å². The second kappa shape index (κ2) is 5.33. The minimum absolute atomic E-state index is 0.198. The van der Waals surface area contributed by atoms with Crippen LogP contribution in [-0.2, 0) is 20.1 Å². The molecule has 6 nitrogen and oxygen atoms in total. The average Bonchev–Trinajstić information content (AvgIpc) is 3.05. The van der Waals surface area contributed by atoms with Crippen LogP contribution in [0.25, 0.3) is 10.9 Å². The van der Waals surface area contributed by atoms with Gasteiger partial charge in [-0.05, 0) is 19.1 Å². The van der Waals surface area contributed by atoms with E-state index in [1.165, 1.54) is 0 Å². The maximum absolute atomic E-state index is 12.9. The van der Waals surface area contributed by atoms with Crippen molar-refractivity contribution >= 4 is 16.8 Å². The molecule has 122 valence electrons. The largest absolute Gasteiger partial charge is 0.350 e. The molecule has 3 aromatic rings. The van der Waals surface area contributed by atoms with Crippen molar-refractivity contribution in [1.82, 2.24) is 19.0 Å². The molecule has 0 spiro atoms. The predicted octanol–water partition coefficient (Wildman–Crippen LogP) is 1.70. The van der Waals surface area contributed by atoms with E-state index in [4.69, 9.17) is 0 Å². The molecule has 0 fully saturated rings. The Morgan fingerprint density at radius 3 is 2.92 bits per heavy atom. The van der Waals surface area contributed by atoms with Gasteiger partial charge in [-0.25, -0.2) is 4.98 Å². The van der Waals surface area contributed by atoms with Gasteiger partial charge in [0.2, 0.25) is 5.43 Å². The summed E-state index contributed by atoms with van der Waals surface area (Å²) in [7, 11) is 1.86. The van der Waals surface area contributed by atoms with E-state index in [1.54, 1.807) is 23.6 Å². The Balaban J connectivity index is 1.78. The number of pyridine rings is 1. The van der Waals surface area contributed by atoms with Crippen LogP contribution in [-0.4, -0.2) is 31.5 Å². The fourth-order valence-corrected chi connectivity index (χ4v) is 3.29. The topological polar surface area (TPSA) is 60.1 Å². The van der Waals surface area contributed by atoms with Crippen LogP contribution in [0.3, 0.4) is 0 Å². The molecular formula is C18H18N4O2. The number of aryl methyl sites for hydroxylation is 2. The molecule has 0 saturated carbocycles. The van der Waals surface area contributed by atoms with Crippen LogP contribution in [0.2, 0.25) is 0 Å². The lowest BCUT2D eigenvalue weighted by molar-refractivity contribution is 0.0709. The van der Waals surface area contributed by atoms with Gasteiger partial charge in [-0.1, -0.05) is 11.6 Å². The predicted molar refractivity (Wildman–Crippen MR) is 90.9 cm³/mol. The van der Waals surface area contributed by atoms with E-state index in [-0.39, 0.29) is 16.9 Å². The first-order valence-corrected chi connectivity index (χ1v) is 7.93. The summed E-state index contributed by atoms with van der Waals surface area (Å²) in [5.74, 6) is -0.216. The fraction of sp³-hybridized carbons (Fsp3) is 0.278. The number of fused-ring (bicyclic) bond motifs is 2. The van der Waals surface area contributed by atoms with E-state index in [2.05, 4.69) is 4.98 Å². The Bertz CT molecular complexity index is 1020. The number of aromatic nitrogens is 3. The zero-order valence-corrected chi connectivity index (χ0v) is 13.7. The van der Waals surface area contributed by atoms with Crippen molar-refractivity contribution in [3.63, 3.8) is 0 Å². The Morgan fingerprint density at radius 2 is 2.08 bits per heavy atom. The zero-order valence-electron chi connectivity index (χ0n) is 13.7. The van der Waals surface area contributed by atoms with E-state index in [1.807, 2.05) is 41.3 Å². The third-order valence-corrected chi connectivity index (χ3v) is 4.62. The third-order valence-electron chi connectivity index (χ3n) is 4.62. The molecule has 6 heteroatoms. The summed E-state index contributed by atoms with van der Waals surface area (Å²) in [6.07, 6.45) is 5.19. The highest BCUT2D eigenvalue weighted by atomic mass is 16.2. The van der Waals surface area contributed by atoms with Crippen LogP contribution in [0.1, 0.15) is 21.6 Å². The molecule has 1 aliphatic rings. The Kier molecular flexibility index (Phi) is 3.26. The first kappa shape index (κ1) is 14.7. The standard InChI is InChI=1S/C18H18N4O2/c1-12-3-4-16-14(7-12)17(23)15(10-20(16)2)18(24)21-5-6-22-11-19-8-13(22)9-21/h3-4,7-8,10-11H,5-6,9H2,1-2H3. The van der Waals surface area contributed by atoms with Gasteiger partial charge >= 0.3 is 0 Å². The van der Waals surface area contributed by atoms with Crippen molar-refractivity contribution in [3.8, 4) is 0 Å². The van der Waals surface area contributed by atoms with E-state index >= 15 is 0 Å². The van der Waals surface area contributed by atoms with Gasteiger partial charge < -0.3 is 14.0 Å². The molecule has 24 heavy (non-hydrogen) atoms. The van der Waals surface area contributed by atoms with Gasteiger partial charge in [0, 0.05) is 37.9 Å². The van der Waals surface area contributed by atoms with E-state index < -0.39 is 0 Å². The number of benzene rings is 1. The van der Waals surface area contributed by atoms with Crippen LogP contribution in [0.15, 0.2) is 41.7 Å². The van der Waals surface area contributed by atoms with Crippen molar-refractivity contribution in [2.45, 2.75) is 20.0 Å². The monoisotopic (exact) mass is 322 g/mol. The molecule has 0 bridgehead atoms. The first-order valence-electron chi connectivity index (χ1n) is 7.93. The Hall–Kier alpha value is -2.89. The van der Waals surface area contributed by atoms with Crippen molar-refractivity contribution in [2.24, 2.45) is 7.05 Å². The molecule has 0 saturated heterocycles. The van der Waals surface area contributed by atoms with Crippen LogP contribution >= 0.6 is 0 Å². The normalized spacial score (nSPS) is 14.0. The number of amides is 1. The number of carbonyl (C=O) groups excluding carboxylic acids is 1. The summed E-state index contributed by atoms with van der Waals surface area (Å²) in [4.78, 5) is 31.6. The number of hydrogen-bond acceptors (Lipinski definition) is 3. The molecule has 3 heterocycles. The molecule has 0 atom stereocenters. The van der Waals surface area contributed by atoms with Crippen LogP contribution in [0, 0.1) is 6.92 Å². The smallest absolute Gasteiger partial charge is 0.259 e. The highest BCUT2D eigenvalue weighted by Gasteiger charge is 2.24.